The van der Waals surface area contributed by atoms with Crippen molar-refractivity contribution in [3.63, 3.8) is 0 Å². The Morgan fingerprint density at radius 3 is 3.00 bits per heavy atom. The van der Waals surface area contributed by atoms with Crippen LogP contribution in [0.1, 0.15) is 30.0 Å². The summed E-state index contributed by atoms with van der Waals surface area (Å²) in [6, 6.07) is 1.93. The molecule has 9 heteroatoms. The van der Waals surface area contributed by atoms with E-state index < -0.39 is 6.67 Å². The van der Waals surface area contributed by atoms with Gasteiger partial charge in [-0.25, -0.2) is 19.3 Å². The molecule has 1 saturated heterocycles. The predicted molar refractivity (Wildman–Crippen MR) is 102 cm³/mol. The van der Waals surface area contributed by atoms with Crippen LogP contribution in [-0.2, 0) is 6.67 Å². The topological polar surface area (TPSA) is 87.9 Å². The van der Waals surface area contributed by atoms with Gasteiger partial charge in [0, 0.05) is 37.6 Å². The zero-order chi connectivity index (χ0) is 18.9. The molecule has 5 rings (SSSR count). The van der Waals surface area contributed by atoms with Crippen LogP contribution in [0.4, 0.5) is 10.2 Å². The Balaban J connectivity index is 1.47. The minimum absolute atomic E-state index is 0.349. The number of hydrogen-bond acceptors (Lipinski definition) is 6. The van der Waals surface area contributed by atoms with Crippen molar-refractivity contribution < 1.29 is 4.39 Å². The van der Waals surface area contributed by atoms with Crippen molar-refractivity contribution in [2.75, 3.05) is 18.0 Å². The average Bonchev–Trinajstić information content (AvgIpc) is 3.43. The zero-order valence-corrected chi connectivity index (χ0v) is 15.2. The summed E-state index contributed by atoms with van der Waals surface area (Å²) < 4.78 is 14.8. The van der Waals surface area contributed by atoms with E-state index in [-0.39, 0.29) is 0 Å². The van der Waals surface area contributed by atoms with Crippen LogP contribution in [0.25, 0.3) is 17.2 Å². The highest BCUT2D eigenvalue weighted by Crippen LogP contribution is 2.29. The number of hydrogen-bond donors (Lipinski definition) is 1. The molecule has 8 nitrogen and oxygen atoms in total. The molecular formula is C19H19FN8. The molecule has 4 aromatic heterocycles. The summed E-state index contributed by atoms with van der Waals surface area (Å²) in [5.74, 6) is 1.87. The minimum Gasteiger partial charge on any atom is -0.356 e. The van der Waals surface area contributed by atoms with Gasteiger partial charge in [0.25, 0.3) is 0 Å². The van der Waals surface area contributed by atoms with Crippen LogP contribution in [0.15, 0.2) is 43.2 Å². The molecule has 28 heavy (non-hydrogen) atoms. The average molecular weight is 378 g/mol. The van der Waals surface area contributed by atoms with Crippen LogP contribution >= 0.6 is 0 Å². The molecule has 0 bridgehead atoms. The fourth-order valence-electron chi connectivity index (χ4n) is 3.75. The van der Waals surface area contributed by atoms with Crippen molar-refractivity contribution in [3.8, 4) is 11.5 Å². The van der Waals surface area contributed by atoms with Crippen molar-refractivity contribution in [3.05, 3.63) is 54.5 Å². The van der Waals surface area contributed by atoms with Crippen molar-refractivity contribution in [2.45, 2.75) is 25.4 Å². The van der Waals surface area contributed by atoms with Gasteiger partial charge in [-0.05, 0) is 24.5 Å². The maximum Gasteiger partial charge on any atom is 0.180 e. The molecular weight excluding hydrogens is 359 g/mol. The molecule has 4 aromatic rings. The van der Waals surface area contributed by atoms with Gasteiger partial charge in [0.1, 0.15) is 18.2 Å². The molecule has 5 heterocycles. The quantitative estimate of drug-likeness (QED) is 0.587. The lowest BCUT2D eigenvalue weighted by Gasteiger charge is -2.33. The van der Waals surface area contributed by atoms with E-state index in [1.54, 1.807) is 29.2 Å². The summed E-state index contributed by atoms with van der Waals surface area (Å²) in [5, 5.41) is 6.98. The van der Waals surface area contributed by atoms with E-state index in [9.17, 15) is 4.39 Å². The van der Waals surface area contributed by atoms with Crippen molar-refractivity contribution in [2.24, 2.45) is 0 Å². The largest absolute Gasteiger partial charge is 0.356 e. The normalized spacial score (nSPS) is 17.3. The molecule has 1 fully saturated rings. The maximum atomic E-state index is 13.0. The lowest BCUT2D eigenvalue weighted by molar-refractivity contribution is 0.474. The van der Waals surface area contributed by atoms with Gasteiger partial charge in [-0.3, -0.25) is 14.5 Å². The third kappa shape index (κ3) is 2.98. The van der Waals surface area contributed by atoms with Gasteiger partial charge in [0.2, 0.25) is 0 Å². The molecule has 1 aliphatic heterocycles. The van der Waals surface area contributed by atoms with Crippen LogP contribution in [0, 0.1) is 0 Å². The number of aromatic nitrogens is 7. The summed E-state index contributed by atoms with van der Waals surface area (Å²) >= 11 is 0. The molecule has 0 saturated carbocycles. The number of anilines is 1. The zero-order valence-electron chi connectivity index (χ0n) is 15.2. The van der Waals surface area contributed by atoms with Gasteiger partial charge in [-0.15, -0.1) is 0 Å². The number of rotatable bonds is 4. The summed E-state index contributed by atoms with van der Waals surface area (Å²) in [6.07, 6.45) is 12.8. The Bertz CT molecular complexity index is 1090. The highest BCUT2D eigenvalue weighted by atomic mass is 19.1. The number of fused-ring (bicyclic) bond motifs is 1. The second-order valence-corrected chi connectivity index (χ2v) is 6.94. The van der Waals surface area contributed by atoms with E-state index in [0.29, 0.717) is 23.1 Å². The third-order valence-electron chi connectivity index (χ3n) is 5.19. The van der Waals surface area contributed by atoms with Gasteiger partial charge >= 0.3 is 0 Å². The third-order valence-corrected chi connectivity index (χ3v) is 5.19. The predicted octanol–water partition coefficient (Wildman–Crippen LogP) is 2.76. The summed E-state index contributed by atoms with van der Waals surface area (Å²) in [4.78, 5) is 19.9. The first-order chi connectivity index (χ1) is 13.8. The highest BCUT2D eigenvalue weighted by molar-refractivity contribution is 5.58. The van der Waals surface area contributed by atoms with Crippen molar-refractivity contribution in [1.82, 2.24) is 34.5 Å². The lowest BCUT2D eigenvalue weighted by atomic mass is 9.93. The molecule has 142 valence electrons. The summed E-state index contributed by atoms with van der Waals surface area (Å²) in [7, 11) is 0. The smallest absolute Gasteiger partial charge is 0.180 e. The number of nitrogens with zero attached hydrogens (tertiary/aromatic N) is 7. The Morgan fingerprint density at radius 2 is 2.14 bits per heavy atom. The van der Waals surface area contributed by atoms with E-state index in [1.165, 1.54) is 5.56 Å². The van der Waals surface area contributed by atoms with Crippen LogP contribution in [0.5, 0.6) is 0 Å². The molecule has 0 aromatic carbocycles. The number of nitrogens with one attached hydrogen (secondary N) is 1. The van der Waals surface area contributed by atoms with E-state index in [4.69, 9.17) is 4.98 Å². The minimum atomic E-state index is -0.627. The Kier molecular flexibility index (Phi) is 4.19. The SMILES string of the molecule is FCc1cn2c(-c3nccc(N4CCCC(c5cn[nH]c5)C4)n3)cnc2cn1. The monoisotopic (exact) mass is 378 g/mol. The Morgan fingerprint density at radius 1 is 1.18 bits per heavy atom. The Hall–Kier alpha value is -3.36. The number of aromatic amines is 1. The number of alkyl halides is 1. The molecule has 1 unspecified atom stereocenters. The second-order valence-electron chi connectivity index (χ2n) is 6.94. The molecule has 0 amide bonds. The molecule has 1 aliphatic rings. The fraction of sp³-hybridized carbons (Fsp3) is 0.316. The van der Waals surface area contributed by atoms with Crippen LogP contribution in [-0.4, -0.2) is 47.6 Å². The van der Waals surface area contributed by atoms with E-state index in [1.807, 2.05) is 18.5 Å². The van der Waals surface area contributed by atoms with Gasteiger partial charge in [0.05, 0.1) is 24.3 Å². The second kappa shape index (κ2) is 6.99. The molecule has 0 aliphatic carbocycles. The van der Waals surface area contributed by atoms with Crippen LogP contribution < -0.4 is 4.90 Å². The molecule has 1 atom stereocenters. The standard InChI is InChI=1S/C19H19FN8/c20-6-15-12-28-16(9-23-18(28)10-22-15)19-21-4-3-17(26-19)27-5-1-2-13(11-27)14-7-24-25-8-14/h3-4,7-10,12-13H,1-2,5-6,11H2,(H,24,25). The number of halogens is 1. The fourth-order valence-corrected chi connectivity index (χ4v) is 3.75. The van der Waals surface area contributed by atoms with Crippen LogP contribution in [0.2, 0.25) is 0 Å². The first-order valence-electron chi connectivity index (χ1n) is 9.27. The summed E-state index contributed by atoms with van der Waals surface area (Å²) in [5.41, 5.74) is 2.94. The first kappa shape index (κ1) is 16.8. The van der Waals surface area contributed by atoms with Gasteiger partial charge in [-0.2, -0.15) is 5.10 Å². The van der Waals surface area contributed by atoms with E-state index in [2.05, 4.69) is 30.0 Å². The van der Waals surface area contributed by atoms with Gasteiger partial charge in [0.15, 0.2) is 11.5 Å². The van der Waals surface area contributed by atoms with Gasteiger partial charge in [-0.1, -0.05) is 0 Å². The molecule has 0 radical (unpaired) electrons. The number of imidazole rings is 1. The van der Waals surface area contributed by atoms with E-state index >= 15 is 0 Å². The lowest BCUT2D eigenvalue weighted by Crippen LogP contribution is -2.34. The molecule has 0 spiro atoms. The highest BCUT2D eigenvalue weighted by Gasteiger charge is 2.23. The number of piperidine rings is 1. The van der Waals surface area contributed by atoms with Crippen LogP contribution in [0.3, 0.4) is 0 Å². The summed E-state index contributed by atoms with van der Waals surface area (Å²) in [6.45, 7) is 1.21. The Labute approximate surface area is 160 Å². The van der Waals surface area contributed by atoms with Crippen molar-refractivity contribution >= 4 is 11.5 Å². The van der Waals surface area contributed by atoms with Crippen molar-refractivity contribution in [1.29, 1.82) is 0 Å². The molecule has 1 N–H and O–H groups in total. The first-order valence-corrected chi connectivity index (χ1v) is 9.27. The maximum absolute atomic E-state index is 13.0. The number of H-pyrrole nitrogens is 1. The van der Waals surface area contributed by atoms with Gasteiger partial charge < -0.3 is 4.90 Å². The van der Waals surface area contributed by atoms with E-state index in [0.717, 1.165) is 37.4 Å².